The average Bonchev–Trinajstić information content (AvgIpc) is 2.25. The first kappa shape index (κ1) is 13.9. The third kappa shape index (κ3) is 3.40. The molecule has 1 aromatic rings. The highest BCUT2D eigenvalue weighted by molar-refractivity contribution is 5.51. The third-order valence-electron chi connectivity index (χ3n) is 2.18. The van der Waals surface area contributed by atoms with Crippen LogP contribution in [0.5, 0.6) is 0 Å². The van der Waals surface area contributed by atoms with Crippen LogP contribution in [0.15, 0.2) is 12.1 Å². The van der Waals surface area contributed by atoms with Gasteiger partial charge in [-0.1, -0.05) is 0 Å². The minimum atomic E-state index is -0.926. The largest absolute Gasteiger partial charge is 0.389 e. The van der Waals surface area contributed by atoms with Crippen molar-refractivity contribution in [1.29, 1.82) is 5.26 Å². The lowest BCUT2D eigenvalue weighted by atomic mass is 10.1. The van der Waals surface area contributed by atoms with Gasteiger partial charge in [-0.05, 0) is 19.9 Å². The minimum absolute atomic E-state index is 0.236. The second-order valence-corrected chi connectivity index (χ2v) is 4.57. The molecule has 1 heterocycles. The number of aliphatic hydroxyl groups is 1. The van der Waals surface area contributed by atoms with Crippen LogP contribution in [-0.4, -0.2) is 34.2 Å². The maximum Gasteiger partial charge on any atom is 0.305 e. The van der Waals surface area contributed by atoms with Crippen molar-refractivity contribution in [1.82, 2.24) is 4.98 Å². The second-order valence-electron chi connectivity index (χ2n) is 4.57. The van der Waals surface area contributed by atoms with Gasteiger partial charge < -0.3 is 10.0 Å². The zero-order valence-electron chi connectivity index (χ0n) is 10.4. The molecule has 1 rings (SSSR count). The molecule has 0 fully saturated rings. The van der Waals surface area contributed by atoms with Crippen LogP contribution in [0, 0.1) is 21.4 Å². The van der Waals surface area contributed by atoms with E-state index in [-0.39, 0.29) is 11.4 Å². The monoisotopic (exact) mass is 250 g/mol. The van der Waals surface area contributed by atoms with Gasteiger partial charge in [0.25, 0.3) is 0 Å². The number of likely N-dealkylation sites (N-methyl/N-ethyl adjacent to an activating group) is 1. The van der Waals surface area contributed by atoms with Crippen LogP contribution < -0.4 is 4.90 Å². The minimum Gasteiger partial charge on any atom is -0.389 e. The van der Waals surface area contributed by atoms with Crippen molar-refractivity contribution in [2.24, 2.45) is 0 Å². The Morgan fingerprint density at radius 3 is 2.67 bits per heavy atom. The summed E-state index contributed by atoms with van der Waals surface area (Å²) in [5, 5.41) is 29.1. The van der Waals surface area contributed by atoms with E-state index < -0.39 is 10.5 Å². The molecule has 0 spiro atoms. The first-order valence-corrected chi connectivity index (χ1v) is 5.23. The average molecular weight is 250 g/mol. The van der Waals surface area contributed by atoms with Crippen molar-refractivity contribution in [3.05, 3.63) is 27.9 Å². The number of hydrogen-bond donors (Lipinski definition) is 1. The molecule has 0 unspecified atom stereocenters. The van der Waals surface area contributed by atoms with E-state index >= 15 is 0 Å². The Balaban J connectivity index is 3.07. The molecule has 0 aliphatic heterocycles. The summed E-state index contributed by atoms with van der Waals surface area (Å²) in [5.74, 6) is 0.402. The van der Waals surface area contributed by atoms with Crippen molar-refractivity contribution in [2.75, 3.05) is 18.5 Å². The number of nitriles is 1. The maximum atomic E-state index is 10.7. The summed E-state index contributed by atoms with van der Waals surface area (Å²) in [6, 6.07) is 4.38. The van der Waals surface area contributed by atoms with Crippen molar-refractivity contribution in [3.8, 4) is 6.07 Å². The number of nitro groups is 1. The van der Waals surface area contributed by atoms with Crippen LogP contribution in [0.25, 0.3) is 0 Å². The Morgan fingerprint density at radius 1 is 1.61 bits per heavy atom. The topological polar surface area (TPSA) is 103 Å². The van der Waals surface area contributed by atoms with Gasteiger partial charge in [0.2, 0.25) is 5.69 Å². The lowest BCUT2D eigenvalue weighted by molar-refractivity contribution is -0.385. The van der Waals surface area contributed by atoms with Crippen LogP contribution in [0.4, 0.5) is 11.5 Å². The summed E-state index contributed by atoms with van der Waals surface area (Å²) in [5.41, 5.74) is -1.48. The molecule has 0 aliphatic carbocycles. The van der Waals surface area contributed by atoms with Gasteiger partial charge in [0, 0.05) is 19.7 Å². The zero-order chi connectivity index (χ0) is 13.9. The fraction of sp³-hybridized carbons (Fsp3) is 0.455. The summed E-state index contributed by atoms with van der Waals surface area (Å²) >= 11 is 0. The standard InChI is InChI=1S/C11H14N4O3/c1-11(2,16)7-14(3)10-5-4-9(15(17)18)8(6-12)13-10/h4-5,16H,7H2,1-3H3. The molecule has 0 amide bonds. The molecule has 7 heteroatoms. The van der Waals surface area contributed by atoms with Gasteiger partial charge in [0.15, 0.2) is 0 Å². The molecule has 1 N–H and O–H groups in total. The van der Waals surface area contributed by atoms with Gasteiger partial charge in [0.05, 0.1) is 10.5 Å². The molecule has 18 heavy (non-hydrogen) atoms. The highest BCUT2D eigenvalue weighted by Crippen LogP contribution is 2.20. The fourth-order valence-electron chi connectivity index (χ4n) is 1.55. The Morgan fingerprint density at radius 2 is 2.22 bits per heavy atom. The normalized spacial score (nSPS) is 10.8. The van der Waals surface area contributed by atoms with Crippen LogP contribution in [-0.2, 0) is 0 Å². The van der Waals surface area contributed by atoms with Gasteiger partial charge in [-0.25, -0.2) is 4.98 Å². The van der Waals surface area contributed by atoms with Gasteiger partial charge in [-0.3, -0.25) is 10.1 Å². The van der Waals surface area contributed by atoms with E-state index in [2.05, 4.69) is 4.98 Å². The van der Waals surface area contributed by atoms with Crippen molar-refractivity contribution < 1.29 is 10.0 Å². The smallest absolute Gasteiger partial charge is 0.305 e. The van der Waals surface area contributed by atoms with Crippen molar-refractivity contribution >= 4 is 11.5 Å². The molecule has 0 bridgehead atoms. The summed E-state index contributed by atoms with van der Waals surface area (Å²) in [4.78, 5) is 15.5. The lowest BCUT2D eigenvalue weighted by Gasteiger charge is -2.26. The first-order chi connectivity index (χ1) is 8.24. The second kappa shape index (κ2) is 4.98. The molecule has 0 aliphatic rings. The highest BCUT2D eigenvalue weighted by Gasteiger charge is 2.20. The number of rotatable bonds is 4. The molecule has 96 valence electrons. The van der Waals surface area contributed by atoms with E-state index in [1.54, 1.807) is 31.9 Å². The molecule has 0 atom stereocenters. The summed E-state index contributed by atoms with van der Waals surface area (Å²) in [6.45, 7) is 3.57. The molecule has 0 saturated heterocycles. The predicted octanol–water partition coefficient (Wildman–Crippen LogP) is 1.07. The number of hydrogen-bond acceptors (Lipinski definition) is 6. The molecule has 7 nitrogen and oxygen atoms in total. The number of anilines is 1. The zero-order valence-corrected chi connectivity index (χ0v) is 10.4. The Bertz CT molecular complexity index is 502. The molecular formula is C11H14N4O3. The Hall–Kier alpha value is -2.20. The third-order valence-corrected chi connectivity index (χ3v) is 2.18. The van der Waals surface area contributed by atoms with E-state index in [0.717, 1.165) is 0 Å². The van der Waals surface area contributed by atoms with E-state index in [4.69, 9.17) is 5.26 Å². The summed E-state index contributed by atoms with van der Waals surface area (Å²) < 4.78 is 0. The van der Waals surface area contributed by atoms with E-state index in [1.165, 1.54) is 12.1 Å². The van der Waals surface area contributed by atoms with Gasteiger partial charge >= 0.3 is 5.69 Å². The first-order valence-electron chi connectivity index (χ1n) is 5.23. The van der Waals surface area contributed by atoms with Crippen LogP contribution in [0.3, 0.4) is 0 Å². The van der Waals surface area contributed by atoms with E-state index in [9.17, 15) is 15.2 Å². The molecule has 0 aromatic carbocycles. The Kier molecular flexibility index (Phi) is 3.83. The molecule has 1 aromatic heterocycles. The Labute approximate surface area is 104 Å². The molecular weight excluding hydrogens is 236 g/mol. The summed E-state index contributed by atoms with van der Waals surface area (Å²) in [7, 11) is 1.69. The highest BCUT2D eigenvalue weighted by atomic mass is 16.6. The van der Waals surface area contributed by atoms with Crippen LogP contribution in [0.1, 0.15) is 19.5 Å². The number of aromatic nitrogens is 1. The van der Waals surface area contributed by atoms with Gasteiger partial charge in [0.1, 0.15) is 11.9 Å². The number of pyridine rings is 1. The van der Waals surface area contributed by atoms with Crippen molar-refractivity contribution in [2.45, 2.75) is 19.4 Å². The predicted molar refractivity (Wildman–Crippen MR) is 65.2 cm³/mol. The van der Waals surface area contributed by atoms with Crippen molar-refractivity contribution in [3.63, 3.8) is 0 Å². The van der Waals surface area contributed by atoms with E-state index in [1.807, 2.05) is 0 Å². The SMILES string of the molecule is CN(CC(C)(C)O)c1ccc([N+](=O)[O-])c(C#N)n1. The fourth-order valence-corrected chi connectivity index (χ4v) is 1.55. The van der Waals surface area contributed by atoms with Crippen LogP contribution in [0.2, 0.25) is 0 Å². The van der Waals surface area contributed by atoms with Gasteiger partial charge in [-0.2, -0.15) is 5.26 Å². The number of nitrogens with zero attached hydrogens (tertiary/aromatic N) is 4. The quantitative estimate of drug-likeness (QED) is 0.633. The molecule has 0 radical (unpaired) electrons. The van der Waals surface area contributed by atoms with E-state index in [0.29, 0.717) is 12.4 Å². The van der Waals surface area contributed by atoms with Crippen LogP contribution >= 0.6 is 0 Å². The lowest BCUT2D eigenvalue weighted by Crippen LogP contribution is -2.36. The summed E-state index contributed by atoms with van der Waals surface area (Å²) in [6.07, 6.45) is 0. The van der Waals surface area contributed by atoms with Gasteiger partial charge in [-0.15, -0.1) is 0 Å². The molecule has 0 saturated carbocycles. The maximum absolute atomic E-state index is 10.7.